The van der Waals surface area contributed by atoms with Gasteiger partial charge in [-0.3, -0.25) is 0 Å². The summed E-state index contributed by atoms with van der Waals surface area (Å²) in [5, 5.41) is 0. The van der Waals surface area contributed by atoms with Gasteiger partial charge in [0.2, 0.25) is 10.0 Å². The molecule has 6 nitrogen and oxygen atoms in total. The Bertz CT molecular complexity index is 712. The largest absolute Gasteiger partial charge is 0.370 e. The van der Waals surface area contributed by atoms with E-state index in [0.29, 0.717) is 30.5 Å². The topological polar surface area (TPSA) is 79.0 Å². The Morgan fingerprint density at radius 1 is 1.00 bits per heavy atom. The Labute approximate surface area is 173 Å². The van der Waals surface area contributed by atoms with E-state index in [9.17, 15) is 8.42 Å². The fourth-order valence-electron chi connectivity index (χ4n) is 3.45. The standard InChI is InChI=1S/C18H28N4O2S.HI/c19-18(21-10-3-1-4-11-21)20-15-16-8-7-9-17(14-16)25(23,24)22-12-5-2-6-13-22;/h7-9,14H,1-6,10-13,15H2,(H2,19,20);1H. The number of hydrogen-bond donors (Lipinski definition) is 1. The molecule has 0 radical (unpaired) electrons. The molecule has 0 aromatic heterocycles. The Hall–Kier alpha value is -0.870. The zero-order valence-electron chi connectivity index (χ0n) is 15.1. The second-order valence-corrected chi connectivity index (χ2v) is 8.77. The highest BCUT2D eigenvalue weighted by Crippen LogP contribution is 2.21. The van der Waals surface area contributed by atoms with Crippen molar-refractivity contribution in [2.75, 3.05) is 26.2 Å². The molecule has 2 aliphatic rings. The van der Waals surface area contributed by atoms with Crippen LogP contribution in [-0.4, -0.2) is 49.8 Å². The van der Waals surface area contributed by atoms with Gasteiger partial charge in [-0.2, -0.15) is 4.31 Å². The van der Waals surface area contributed by atoms with Crippen LogP contribution in [0.5, 0.6) is 0 Å². The van der Waals surface area contributed by atoms with Crippen LogP contribution < -0.4 is 5.73 Å². The first-order chi connectivity index (χ1) is 12.1. The molecule has 8 heteroatoms. The van der Waals surface area contributed by atoms with Crippen molar-refractivity contribution in [1.82, 2.24) is 9.21 Å². The highest BCUT2D eigenvalue weighted by Gasteiger charge is 2.25. The van der Waals surface area contributed by atoms with Gasteiger partial charge in [0.25, 0.3) is 0 Å². The zero-order valence-corrected chi connectivity index (χ0v) is 18.3. The molecule has 1 aromatic carbocycles. The first kappa shape index (κ1) is 21.4. The van der Waals surface area contributed by atoms with Crippen LogP contribution in [-0.2, 0) is 16.6 Å². The Kier molecular flexibility index (Phi) is 8.15. The van der Waals surface area contributed by atoms with Crippen molar-refractivity contribution in [2.24, 2.45) is 10.7 Å². The smallest absolute Gasteiger partial charge is 0.243 e. The monoisotopic (exact) mass is 492 g/mol. The molecule has 0 atom stereocenters. The number of halogens is 1. The second-order valence-electron chi connectivity index (χ2n) is 6.83. The molecule has 0 amide bonds. The van der Waals surface area contributed by atoms with Gasteiger partial charge in [0, 0.05) is 26.2 Å². The lowest BCUT2D eigenvalue weighted by Crippen LogP contribution is -2.40. The molecule has 146 valence electrons. The van der Waals surface area contributed by atoms with E-state index in [2.05, 4.69) is 9.89 Å². The third-order valence-electron chi connectivity index (χ3n) is 4.95. The summed E-state index contributed by atoms with van der Waals surface area (Å²) in [5.41, 5.74) is 6.96. The average molecular weight is 492 g/mol. The first-order valence-electron chi connectivity index (χ1n) is 9.21. The van der Waals surface area contributed by atoms with E-state index in [1.165, 1.54) is 6.42 Å². The van der Waals surface area contributed by atoms with Crippen molar-refractivity contribution in [3.05, 3.63) is 29.8 Å². The number of guanidine groups is 1. The van der Waals surface area contributed by atoms with E-state index in [-0.39, 0.29) is 24.0 Å². The molecule has 2 N–H and O–H groups in total. The lowest BCUT2D eigenvalue weighted by Gasteiger charge is -2.27. The molecule has 1 aromatic rings. The SMILES string of the molecule is I.NC(=NCc1cccc(S(=O)(=O)N2CCCCC2)c1)N1CCCCC1. The third kappa shape index (κ3) is 5.32. The molecular weight excluding hydrogens is 463 g/mol. The molecule has 2 saturated heterocycles. The predicted molar refractivity (Wildman–Crippen MR) is 115 cm³/mol. The van der Waals surface area contributed by atoms with Gasteiger partial charge >= 0.3 is 0 Å². The number of aliphatic imine (C=N–C) groups is 1. The summed E-state index contributed by atoms with van der Waals surface area (Å²) in [4.78, 5) is 6.93. The van der Waals surface area contributed by atoms with Crippen LogP contribution in [0.1, 0.15) is 44.1 Å². The number of hydrogen-bond acceptors (Lipinski definition) is 3. The fourth-order valence-corrected chi connectivity index (χ4v) is 5.04. The second kappa shape index (κ2) is 9.89. The molecule has 2 heterocycles. The molecular formula is C18H29IN4O2S. The van der Waals surface area contributed by atoms with Crippen molar-refractivity contribution < 1.29 is 8.42 Å². The van der Waals surface area contributed by atoms with Crippen molar-refractivity contribution in [3.8, 4) is 0 Å². The summed E-state index contributed by atoms with van der Waals surface area (Å²) >= 11 is 0. The van der Waals surface area contributed by atoms with Gasteiger partial charge < -0.3 is 10.6 Å². The third-order valence-corrected chi connectivity index (χ3v) is 6.85. The summed E-state index contributed by atoms with van der Waals surface area (Å²) in [6.07, 6.45) is 6.54. The lowest BCUT2D eigenvalue weighted by molar-refractivity contribution is 0.338. The number of nitrogens with zero attached hydrogens (tertiary/aromatic N) is 3. The van der Waals surface area contributed by atoms with E-state index in [1.807, 2.05) is 6.07 Å². The van der Waals surface area contributed by atoms with Crippen molar-refractivity contribution >= 4 is 40.0 Å². The highest BCUT2D eigenvalue weighted by atomic mass is 127. The van der Waals surface area contributed by atoms with Gasteiger partial charge in [-0.05, 0) is 49.8 Å². The minimum absolute atomic E-state index is 0. The maximum absolute atomic E-state index is 12.8. The van der Waals surface area contributed by atoms with Crippen LogP contribution >= 0.6 is 24.0 Å². The van der Waals surface area contributed by atoms with Gasteiger partial charge in [0.1, 0.15) is 0 Å². The Balaban J connectivity index is 0.00000243. The first-order valence-corrected chi connectivity index (χ1v) is 10.7. The van der Waals surface area contributed by atoms with Crippen LogP contribution in [0, 0.1) is 0 Å². The van der Waals surface area contributed by atoms with Gasteiger partial charge in [-0.25, -0.2) is 13.4 Å². The van der Waals surface area contributed by atoms with Crippen LogP contribution in [0.3, 0.4) is 0 Å². The van der Waals surface area contributed by atoms with Crippen LogP contribution in [0.25, 0.3) is 0 Å². The average Bonchev–Trinajstić information content (AvgIpc) is 2.67. The van der Waals surface area contributed by atoms with E-state index >= 15 is 0 Å². The lowest BCUT2D eigenvalue weighted by atomic mass is 10.1. The van der Waals surface area contributed by atoms with Crippen molar-refractivity contribution in [3.63, 3.8) is 0 Å². The van der Waals surface area contributed by atoms with Gasteiger partial charge in [-0.15, -0.1) is 24.0 Å². The van der Waals surface area contributed by atoms with Crippen LogP contribution in [0.4, 0.5) is 0 Å². The maximum atomic E-state index is 12.8. The molecule has 0 unspecified atom stereocenters. The molecule has 0 bridgehead atoms. The zero-order chi connectivity index (χ0) is 17.7. The maximum Gasteiger partial charge on any atom is 0.243 e. The molecule has 2 aliphatic heterocycles. The van der Waals surface area contributed by atoms with E-state index in [1.54, 1.807) is 22.5 Å². The Morgan fingerprint density at radius 3 is 2.27 bits per heavy atom. The van der Waals surface area contributed by atoms with E-state index in [0.717, 1.165) is 50.8 Å². The molecule has 2 fully saturated rings. The number of piperidine rings is 2. The molecule has 26 heavy (non-hydrogen) atoms. The molecule has 0 spiro atoms. The number of nitrogens with two attached hydrogens (primary N) is 1. The summed E-state index contributed by atoms with van der Waals surface area (Å²) in [5.74, 6) is 0.559. The number of sulfonamides is 1. The van der Waals surface area contributed by atoms with Crippen molar-refractivity contribution in [2.45, 2.75) is 50.0 Å². The Morgan fingerprint density at radius 2 is 1.62 bits per heavy atom. The minimum Gasteiger partial charge on any atom is -0.370 e. The van der Waals surface area contributed by atoms with Gasteiger partial charge in [0.05, 0.1) is 11.4 Å². The van der Waals surface area contributed by atoms with E-state index in [4.69, 9.17) is 5.73 Å². The van der Waals surface area contributed by atoms with Crippen molar-refractivity contribution in [1.29, 1.82) is 0 Å². The number of likely N-dealkylation sites (tertiary alicyclic amines) is 1. The minimum atomic E-state index is -3.40. The fraction of sp³-hybridized carbons (Fsp3) is 0.611. The summed E-state index contributed by atoms with van der Waals surface area (Å²) in [6, 6.07) is 7.10. The predicted octanol–water partition coefficient (Wildman–Crippen LogP) is 2.78. The number of benzene rings is 1. The molecule has 3 rings (SSSR count). The highest BCUT2D eigenvalue weighted by molar-refractivity contribution is 14.0. The molecule has 0 saturated carbocycles. The van der Waals surface area contributed by atoms with Gasteiger partial charge in [-0.1, -0.05) is 18.6 Å². The molecule has 0 aliphatic carbocycles. The number of rotatable bonds is 4. The van der Waals surface area contributed by atoms with Crippen LogP contribution in [0.15, 0.2) is 34.2 Å². The summed E-state index contributed by atoms with van der Waals surface area (Å²) in [6.45, 7) is 3.56. The van der Waals surface area contributed by atoms with Gasteiger partial charge in [0.15, 0.2) is 5.96 Å². The summed E-state index contributed by atoms with van der Waals surface area (Å²) < 4.78 is 27.2. The summed E-state index contributed by atoms with van der Waals surface area (Å²) in [7, 11) is -3.40. The quantitative estimate of drug-likeness (QED) is 0.399. The van der Waals surface area contributed by atoms with Crippen LogP contribution in [0.2, 0.25) is 0 Å². The van der Waals surface area contributed by atoms with E-state index < -0.39 is 10.0 Å². The normalized spacial score (nSPS) is 19.8.